The van der Waals surface area contributed by atoms with E-state index in [0.717, 1.165) is 18.6 Å². The third-order valence-electron chi connectivity index (χ3n) is 1.90. The largest absolute Gasteiger partial charge is 0.478 e. The van der Waals surface area contributed by atoms with Crippen LogP contribution in [-0.2, 0) is 5.88 Å². The lowest BCUT2D eigenvalue weighted by molar-refractivity contribution is 0.279. The van der Waals surface area contributed by atoms with Crippen molar-refractivity contribution in [2.75, 3.05) is 6.61 Å². The zero-order valence-electron chi connectivity index (χ0n) is 8.66. The number of hydrogen-bond acceptors (Lipinski definition) is 2. The number of alkyl halides is 1. The number of hydrogen-bond donors (Lipinski definition) is 0. The first-order valence-electron chi connectivity index (χ1n) is 4.86. The minimum atomic E-state index is 0.499. The fourth-order valence-electron chi connectivity index (χ4n) is 0.975. The van der Waals surface area contributed by atoms with E-state index in [1.54, 1.807) is 6.20 Å². The Morgan fingerprint density at radius 2 is 2.21 bits per heavy atom. The average molecular weight is 214 g/mol. The third-order valence-corrected chi connectivity index (χ3v) is 2.21. The predicted octanol–water partition coefficient (Wildman–Crippen LogP) is 3.25. The molecule has 0 aliphatic carbocycles. The summed E-state index contributed by atoms with van der Waals surface area (Å²) in [5.74, 6) is 1.84. The number of aromatic nitrogens is 1. The Balaban J connectivity index is 2.36. The van der Waals surface area contributed by atoms with Gasteiger partial charge in [0, 0.05) is 18.1 Å². The maximum absolute atomic E-state index is 5.64. The van der Waals surface area contributed by atoms with Crippen molar-refractivity contribution < 1.29 is 4.74 Å². The van der Waals surface area contributed by atoms with Crippen molar-refractivity contribution in [3.8, 4) is 5.88 Å². The van der Waals surface area contributed by atoms with E-state index < -0.39 is 0 Å². The summed E-state index contributed by atoms with van der Waals surface area (Å²) in [6, 6.07) is 3.79. The van der Waals surface area contributed by atoms with Gasteiger partial charge in [-0.05, 0) is 17.9 Å². The maximum Gasteiger partial charge on any atom is 0.213 e. The van der Waals surface area contributed by atoms with Gasteiger partial charge in [-0.2, -0.15) is 0 Å². The van der Waals surface area contributed by atoms with E-state index in [2.05, 4.69) is 18.8 Å². The number of ether oxygens (including phenoxy) is 1. The lowest BCUT2D eigenvalue weighted by Crippen LogP contribution is -2.02. The van der Waals surface area contributed by atoms with E-state index in [1.807, 2.05) is 12.1 Å². The molecule has 0 fully saturated rings. The summed E-state index contributed by atoms with van der Waals surface area (Å²) < 4.78 is 5.46. The molecule has 0 saturated heterocycles. The Morgan fingerprint density at radius 3 is 2.71 bits per heavy atom. The molecule has 0 unspecified atom stereocenters. The van der Waals surface area contributed by atoms with Crippen LogP contribution in [0.5, 0.6) is 5.88 Å². The van der Waals surface area contributed by atoms with Crippen LogP contribution >= 0.6 is 11.6 Å². The number of nitrogens with zero attached hydrogens (tertiary/aromatic N) is 1. The summed E-state index contributed by atoms with van der Waals surface area (Å²) in [5.41, 5.74) is 1.02. The van der Waals surface area contributed by atoms with Crippen LogP contribution < -0.4 is 4.74 Å². The summed E-state index contributed by atoms with van der Waals surface area (Å²) >= 11 is 5.64. The minimum Gasteiger partial charge on any atom is -0.478 e. The van der Waals surface area contributed by atoms with E-state index >= 15 is 0 Å². The van der Waals surface area contributed by atoms with Crippen LogP contribution in [0.15, 0.2) is 18.3 Å². The molecule has 0 radical (unpaired) electrons. The van der Waals surface area contributed by atoms with Crippen molar-refractivity contribution in [1.82, 2.24) is 4.98 Å². The molecule has 1 heterocycles. The molecule has 0 aliphatic heterocycles. The fourth-order valence-corrected chi connectivity index (χ4v) is 1.13. The van der Waals surface area contributed by atoms with Gasteiger partial charge in [-0.3, -0.25) is 0 Å². The number of pyridine rings is 1. The van der Waals surface area contributed by atoms with Gasteiger partial charge < -0.3 is 4.74 Å². The van der Waals surface area contributed by atoms with E-state index in [0.29, 0.717) is 17.7 Å². The Morgan fingerprint density at radius 1 is 1.43 bits per heavy atom. The Bertz CT molecular complexity index is 258. The molecule has 2 nitrogen and oxygen atoms in total. The van der Waals surface area contributed by atoms with Gasteiger partial charge in [-0.15, -0.1) is 11.6 Å². The van der Waals surface area contributed by atoms with Gasteiger partial charge in [0.25, 0.3) is 0 Å². The second kappa shape index (κ2) is 5.86. The topological polar surface area (TPSA) is 22.1 Å². The van der Waals surface area contributed by atoms with E-state index in [9.17, 15) is 0 Å². The molecule has 78 valence electrons. The molecule has 3 heteroatoms. The molecule has 14 heavy (non-hydrogen) atoms. The van der Waals surface area contributed by atoms with E-state index in [-0.39, 0.29) is 0 Å². The molecule has 0 saturated carbocycles. The van der Waals surface area contributed by atoms with E-state index in [1.165, 1.54) is 0 Å². The SMILES string of the molecule is CC(C)CCOc1ccc(CCl)cn1. The molecule has 0 spiro atoms. The molecule has 0 aromatic carbocycles. The van der Waals surface area contributed by atoms with Crippen LogP contribution in [0.2, 0.25) is 0 Å². The van der Waals surface area contributed by atoms with Gasteiger partial charge >= 0.3 is 0 Å². The van der Waals surface area contributed by atoms with E-state index in [4.69, 9.17) is 16.3 Å². The summed E-state index contributed by atoms with van der Waals surface area (Å²) in [5, 5.41) is 0. The van der Waals surface area contributed by atoms with Gasteiger partial charge in [-0.1, -0.05) is 19.9 Å². The predicted molar refractivity (Wildman–Crippen MR) is 58.7 cm³/mol. The summed E-state index contributed by atoms with van der Waals surface area (Å²) in [6.07, 6.45) is 2.80. The Hall–Kier alpha value is -0.760. The second-order valence-corrected chi connectivity index (χ2v) is 3.94. The maximum atomic E-state index is 5.64. The van der Waals surface area contributed by atoms with Gasteiger partial charge in [0.05, 0.1) is 6.61 Å². The molecule has 0 bridgehead atoms. The molecule has 1 aromatic heterocycles. The first-order chi connectivity index (χ1) is 6.72. The van der Waals surface area contributed by atoms with Gasteiger partial charge in [0.2, 0.25) is 5.88 Å². The van der Waals surface area contributed by atoms with Gasteiger partial charge in [0.15, 0.2) is 0 Å². The molecular formula is C11H16ClNO. The molecule has 1 rings (SSSR count). The highest BCUT2D eigenvalue weighted by Crippen LogP contribution is 2.10. The molecule has 1 aromatic rings. The second-order valence-electron chi connectivity index (χ2n) is 3.67. The fraction of sp³-hybridized carbons (Fsp3) is 0.545. The smallest absolute Gasteiger partial charge is 0.213 e. The molecule has 0 amide bonds. The number of rotatable bonds is 5. The van der Waals surface area contributed by atoms with Crippen molar-refractivity contribution in [2.24, 2.45) is 5.92 Å². The monoisotopic (exact) mass is 213 g/mol. The quantitative estimate of drug-likeness (QED) is 0.701. The van der Waals surface area contributed by atoms with Crippen LogP contribution in [0.4, 0.5) is 0 Å². The lowest BCUT2D eigenvalue weighted by Gasteiger charge is -2.06. The Labute approximate surface area is 90.3 Å². The average Bonchev–Trinajstić information content (AvgIpc) is 2.18. The van der Waals surface area contributed by atoms with Gasteiger partial charge in [0.1, 0.15) is 0 Å². The normalized spacial score (nSPS) is 10.6. The summed E-state index contributed by atoms with van der Waals surface area (Å²) in [4.78, 5) is 4.14. The molecular weight excluding hydrogens is 198 g/mol. The standard InChI is InChI=1S/C11H16ClNO/c1-9(2)5-6-14-11-4-3-10(7-12)8-13-11/h3-4,8-9H,5-7H2,1-2H3. The third kappa shape index (κ3) is 3.97. The summed E-state index contributed by atoms with van der Waals surface area (Å²) in [6.45, 7) is 5.08. The Kier molecular flexibility index (Phi) is 4.74. The zero-order valence-corrected chi connectivity index (χ0v) is 9.42. The van der Waals surface area contributed by atoms with Gasteiger partial charge in [-0.25, -0.2) is 4.98 Å². The van der Waals surface area contributed by atoms with Crippen LogP contribution in [0.25, 0.3) is 0 Å². The lowest BCUT2D eigenvalue weighted by atomic mass is 10.1. The van der Waals surface area contributed by atoms with Crippen LogP contribution in [-0.4, -0.2) is 11.6 Å². The van der Waals surface area contributed by atoms with Crippen LogP contribution in [0.1, 0.15) is 25.8 Å². The van der Waals surface area contributed by atoms with Crippen molar-refractivity contribution in [3.63, 3.8) is 0 Å². The molecule has 0 N–H and O–H groups in total. The van der Waals surface area contributed by atoms with Crippen LogP contribution in [0.3, 0.4) is 0 Å². The first-order valence-corrected chi connectivity index (χ1v) is 5.39. The minimum absolute atomic E-state index is 0.499. The van der Waals surface area contributed by atoms with Crippen molar-refractivity contribution >= 4 is 11.6 Å². The first kappa shape index (κ1) is 11.3. The molecule has 0 atom stereocenters. The number of halogens is 1. The van der Waals surface area contributed by atoms with Crippen molar-refractivity contribution in [1.29, 1.82) is 0 Å². The molecule has 0 aliphatic rings. The van der Waals surface area contributed by atoms with Crippen molar-refractivity contribution in [3.05, 3.63) is 23.9 Å². The van der Waals surface area contributed by atoms with Crippen LogP contribution in [0, 0.1) is 5.92 Å². The summed E-state index contributed by atoms with van der Waals surface area (Å²) in [7, 11) is 0. The van der Waals surface area contributed by atoms with Crippen molar-refractivity contribution in [2.45, 2.75) is 26.1 Å². The highest BCUT2D eigenvalue weighted by atomic mass is 35.5. The highest BCUT2D eigenvalue weighted by Gasteiger charge is 1.97. The zero-order chi connectivity index (χ0) is 10.4. The highest BCUT2D eigenvalue weighted by molar-refractivity contribution is 6.17.